The fourth-order valence-electron chi connectivity index (χ4n) is 2.91. The number of carbonyl (C=O) groups is 1. The largest absolute Gasteiger partial charge is 0.348 e. The lowest BCUT2D eigenvalue weighted by Crippen LogP contribution is -2.24. The van der Waals surface area contributed by atoms with Gasteiger partial charge in [-0.25, -0.2) is 8.78 Å². The Kier molecular flexibility index (Phi) is 5.20. The molecule has 0 bridgehead atoms. The average Bonchev–Trinajstić information content (AvgIpc) is 3.07. The Labute approximate surface area is 140 Å². The van der Waals surface area contributed by atoms with Gasteiger partial charge in [0.2, 0.25) is 0 Å². The first-order valence-corrected chi connectivity index (χ1v) is 8.15. The number of benzene rings is 2. The molecule has 0 atom stereocenters. The van der Waals surface area contributed by atoms with Crippen molar-refractivity contribution in [3.8, 4) is 0 Å². The van der Waals surface area contributed by atoms with E-state index in [0.717, 1.165) is 37.3 Å². The van der Waals surface area contributed by atoms with Crippen LogP contribution in [0.5, 0.6) is 0 Å². The summed E-state index contributed by atoms with van der Waals surface area (Å²) >= 11 is 0. The molecule has 2 aromatic carbocycles. The topological polar surface area (TPSA) is 32.3 Å². The predicted molar refractivity (Wildman–Crippen MR) is 88.5 cm³/mol. The Morgan fingerprint density at radius 2 is 1.67 bits per heavy atom. The van der Waals surface area contributed by atoms with E-state index in [-0.39, 0.29) is 5.56 Å². The maximum absolute atomic E-state index is 13.6. The maximum atomic E-state index is 13.6. The first-order chi connectivity index (χ1) is 11.6. The van der Waals surface area contributed by atoms with Crippen molar-refractivity contribution < 1.29 is 13.6 Å². The van der Waals surface area contributed by atoms with Crippen LogP contribution in [-0.4, -0.2) is 23.9 Å². The molecule has 3 nitrogen and oxygen atoms in total. The van der Waals surface area contributed by atoms with E-state index in [1.807, 2.05) is 12.1 Å². The van der Waals surface area contributed by atoms with Crippen molar-refractivity contribution >= 4 is 5.91 Å². The molecule has 3 rings (SSSR count). The van der Waals surface area contributed by atoms with Crippen LogP contribution in [0.2, 0.25) is 0 Å². The van der Waals surface area contributed by atoms with Gasteiger partial charge in [-0.15, -0.1) is 0 Å². The molecule has 0 saturated carbocycles. The SMILES string of the molecule is O=C(NCc1ccc(CN2CCCC2)cc1)c1ccc(F)cc1F. The van der Waals surface area contributed by atoms with Crippen molar-refractivity contribution in [2.75, 3.05) is 13.1 Å². The maximum Gasteiger partial charge on any atom is 0.254 e. The number of nitrogens with one attached hydrogen (secondary N) is 1. The highest BCUT2D eigenvalue weighted by molar-refractivity contribution is 5.94. The van der Waals surface area contributed by atoms with Gasteiger partial charge in [-0.2, -0.15) is 0 Å². The van der Waals surface area contributed by atoms with Crippen molar-refractivity contribution in [3.05, 3.63) is 70.8 Å². The molecule has 2 aromatic rings. The Balaban J connectivity index is 1.55. The molecule has 1 fully saturated rings. The Hall–Kier alpha value is -2.27. The van der Waals surface area contributed by atoms with Crippen LogP contribution in [0.15, 0.2) is 42.5 Å². The Morgan fingerprint density at radius 1 is 1.00 bits per heavy atom. The highest BCUT2D eigenvalue weighted by Gasteiger charge is 2.13. The van der Waals surface area contributed by atoms with Gasteiger partial charge in [-0.1, -0.05) is 24.3 Å². The number of likely N-dealkylation sites (tertiary alicyclic amines) is 1. The van der Waals surface area contributed by atoms with Gasteiger partial charge in [0.1, 0.15) is 11.6 Å². The van der Waals surface area contributed by atoms with E-state index in [2.05, 4.69) is 22.3 Å². The summed E-state index contributed by atoms with van der Waals surface area (Å²) in [7, 11) is 0. The summed E-state index contributed by atoms with van der Waals surface area (Å²) in [5.74, 6) is -2.10. The highest BCUT2D eigenvalue weighted by Crippen LogP contribution is 2.14. The fraction of sp³-hybridized carbons (Fsp3) is 0.316. The van der Waals surface area contributed by atoms with E-state index in [9.17, 15) is 13.6 Å². The van der Waals surface area contributed by atoms with Gasteiger partial charge < -0.3 is 5.32 Å². The summed E-state index contributed by atoms with van der Waals surface area (Å²) in [6.45, 7) is 3.56. The molecule has 1 heterocycles. The van der Waals surface area contributed by atoms with Gasteiger partial charge in [0.15, 0.2) is 0 Å². The van der Waals surface area contributed by atoms with E-state index >= 15 is 0 Å². The van der Waals surface area contributed by atoms with Crippen molar-refractivity contribution in [3.63, 3.8) is 0 Å². The number of amides is 1. The minimum Gasteiger partial charge on any atom is -0.348 e. The highest BCUT2D eigenvalue weighted by atomic mass is 19.1. The molecular weight excluding hydrogens is 310 g/mol. The van der Waals surface area contributed by atoms with Crippen LogP contribution in [0.1, 0.15) is 34.3 Å². The zero-order chi connectivity index (χ0) is 16.9. The van der Waals surface area contributed by atoms with Gasteiger partial charge in [0, 0.05) is 19.2 Å². The van der Waals surface area contributed by atoms with Gasteiger partial charge in [-0.3, -0.25) is 9.69 Å². The lowest BCUT2D eigenvalue weighted by atomic mass is 10.1. The van der Waals surface area contributed by atoms with Crippen molar-refractivity contribution in [2.45, 2.75) is 25.9 Å². The summed E-state index contributed by atoms with van der Waals surface area (Å²) in [4.78, 5) is 14.4. The molecule has 1 aliphatic heterocycles. The molecule has 0 spiro atoms. The number of hydrogen-bond donors (Lipinski definition) is 1. The van der Waals surface area contributed by atoms with Crippen LogP contribution in [0.4, 0.5) is 8.78 Å². The van der Waals surface area contributed by atoms with Crippen LogP contribution in [0.3, 0.4) is 0 Å². The van der Waals surface area contributed by atoms with Gasteiger partial charge >= 0.3 is 0 Å². The summed E-state index contributed by atoms with van der Waals surface area (Å²) in [5.41, 5.74) is 2.04. The molecule has 0 aromatic heterocycles. The molecule has 126 valence electrons. The standard InChI is InChI=1S/C19H20F2N2O/c20-16-7-8-17(18(21)11-16)19(24)22-12-14-3-5-15(6-4-14)13-23-9-1-2-10-23/h3-8,11H,1-2,9-10,12-13H2,(H,22,24). The lowest BCUT2D eigenvalue weighted by molar-refractivity contribution is 0.0947. The van der Waals surface area contributed by atoms with E-state index < -0.39 is 17.5 Å². The van der Waals surface area contributed by atoms with Crippen molar-refractivity contribution in [1.82, 2.24) is 10.2 Å². The van der Waals surface area contributed by atoms with Crippen LogP contribution in [-0.2, 0) is 13.1 Å². The molecule has 0 aliphatic carbocycles. The van der Waals surface area contributed by atoms with Gasteiger partial charge in [-0.05, 0) is 49.2 Å². The molecule has 0 radical (unpaired) electrons. The van der Waals surface area contributed by atoms with E-state index in [1.165, 1.54) is 18.4 Å². The molecule has 0 unspecified atom stereocenters. The fourth-order valence-corrected chi connectivity index (χ4v) is 2.91. The average molecular weight is 330 g/mol. The number of rotatable bonds is 5. The van der Waals surface area contributed by atoms with Crippen LogP contribution in [0.25, 0.3) is 0 Å². The second-order valence-electron chi connectivity index (χ2n) is 6.11. The molecule has 5 heteroatoms. The van der Waals surface area contributed by atoms with Crippen LogP contribution in [0, 0.1) is 11.6 Å². The number of carbonyl (C=O) groups excluding carboxylic acids is 1. The normalized spacial score (nSPS) is 14.8. The zero-order valence-electron chi connectivity index (χ0n) is 13.4. The number of hydrogen-bond acceptors (Lipinski definition) is 2. The third-order valence-electron chi connectivity index (χ3n) is 4.26. The lowest BCUT2D eigenvalue weighted by Gasteiger charge is -2.14. The number of halogens is 2. The summed E-state index contributed by atoms with van der Waals surface area (Å²) < 4.78 is 26.4. The van der Waals surface area contributed by atoms with Crippen LogP contribution < -0.4 is 5.32 Å². The second-order valence-corrected chi connectivity index (χ2v) is 6.11. The Morgan fingerprint density at radius 3 is 2.33 bits per heavy atom. The summed E-state index contributed by atoms with van der Waals surface area (Å²) in [6.07, 6.45) is 2.54. The molecule has 1 amide bonds. The minimum atomic E-state index is -0.853. The third-order valence-corrected chi connectivity index (χ3v) is 4.26. The third kappa shape index (κ3) is 4.17. The molecule has 1 N–H and O–H groups in total. The molecular formula is C19H20F2N2O. The molecule has 1 aliphatic rings. The first-order valence-electron chi connectivity index (χ1n) is 8.15. The van der Waals surface area contributed by atoms with Gasteiger partial charge in [0.05, 0.1) is 5.56 Å². The van der Waals surface area contributed by atoms with E-state index in [1.54, 1.807) is 0 Å². The first kappa shape index (κ1) is 16.6. The quantitative estimate of drug-likeness (QED) is 0.910. The molecule has 24 heavy (non-hydrogen) atoms. The summed E-state index contributed by atoms with van der Waals surface area (Å²) in [5, 5.41) is 2.66. The van der Waals surface area contributed by atoms with Crippen LogP contribution >= 0.6 is 0 Å². The van der Waals surface area contributed by atoms with E-state index in [0.29, 0.717) is 12.6 Å². The monoisotopic (exact) mass is 330 g/mol. The minimum absolute atomic E-state index is 0.151. The van der Waals surface area contributed by atoms with Gasteiger partial charge in [0.25, 0.3) is 5.91 Å². The molecule has 1 saturated heterocycles. The summed E-state index contributed by atoms with van der Waals surface area (Å²) in [6, 6.07) is 11.0. The smallest absolute Gasteiger partial charge is 0.254 e. The van der Waals surface area contributed by atoms with Crippen molar-refractivity contribution in [1.29, 1.82) is 0 Å². The number of nitrogens with zero attached hydrogens (tertiary/aromatic N) is 1. The predicted octanol–water partition coefficient (Wildman–Crippen LogP) is 3.49. The van der Waals surface area contributed by atoms with E-state index in [4.69, 9.17) is 0 Å². The van der Waals surface area contributed by atoms with Crippen molar-refractivity contribution in [2.24, 2.45) is 0 Å². The second kappa shape index (κ2) is 7.53. The Bertz CT molecular complexity index is 710. The zero-order valence-corrected chi connectivity index (χ0v) is 13.4.